The summed E-state index contributed by atoms with van der Waals surface area (Å²) >= 11 is 0. The van der Waals surface area contributed by atoms with Crippen LogP contribution >= 0.6 is 0 Å². The number of rotatable bonds is 6. The number of alkyl halides is 3. The summed E-state index contributed by atoms with van der Waals surface area (Å²) in [4.78, 5) is 11.5. The van der Waals surface area contributed by atoms with Gasteiger partial charge in [-0.25, -0.2) is 18.4 Å². The molecule has 12 heteroatoms. The Morgan fingerprint density at radius 2 is 1.86 bits per heavy atom. The molecule has 0 aromatic carbocycles. The number of ether oxygens (including phenoxy) is 1. The summed E-state index contributed by atoms with van der Waals surface area (Å²) in [5, 5.41) is 0. The van der Waals surface area contributed by atoms with Crippen LogP contribution in [0.3, 0.4) is 0 Å². The van der Waals surface area contributed by atoms with E-state index in [1.165, 1.54) is 29.8 Å². The predicted octanol–water partition coefficient (Wildman–Crippen LogP) is 3.53. The second kappa shape index (κ2) is 10.4. The SMILES string of the molecule is CN(CCC1CN(S(C)(=O)=O)CCO1)c1cc(N2CCCC3(CCCCC3)C2)nc(C(F)(F)F)n1. The minimum atomic E-state index is -4.65. The van der Waals surface area contributed by atoms with E-state index in [-0.39, 0.29) is 23.9 Å². The molecule has 2 saturated heterocycles. The third kappa shape index (κ3) is 6.56. The van der Waals surface area contributed by atoms with E-state index in [0.29, 0.717) is 38.5 Å². The van der Waals surface area contributed by atoms with Crippen molar-refractivity contribution in [2.75, 3.05) is 62.4 Å². The van der Waals surface area contributed by atoms with Gasteiger partial charge in [-0.15, -0.1) is 0 Å². The monoisotopic (exact) mass is 519 g/mol. The number of piperidine rings is 1. The fourth-order valence-corrected chi connectivity index (χ4v) is 6.48. The summed E-state index contributed by atoms with van der Waals surface area (Å²) in [5.41, 5.74) is 0.176. The fraction of sp³-hybridized carbons (Fsp3) is 0.826. The van der Waals surface area contributed by atoms with Gasteiger partial charge in [-0.2, -0.15) is 17.5 Å². The van der Waals surface area contributed by atoms with Gasteiger partial charge in [-0.05, 0) is 37.5 Å². The van der Waals surface area contributed by atoms with Crippen LogP contribution in [-0.2, 0) is 20.9 Å². The zero-order valence-corrected chi connectivity index (χ0v) is 21.4. The van der Waals surface area contributed by atoms with Gasteiger partial charge in [0.1, 0.15) is 11.6 Å². The van der Waals surface area contributed by atoms with Crippen LogP contribution in [0.1, 0.15) is 57.2 Å². The Labute approximate surface area is 205 Å². The number of nitrogens with zero attached hydrogens (tertiary/aromatic N) is 5. The normalized spacial score (nSPS) is 24.0. The molecule has 1 aliphatic carbocycles. The maximum absolute atomic E-state index is 13.7. The van der Waals surface area contributed by atoms with Gasteiger partial charge in [0.05, 0.1) is 19.0 Å². The topological polar surface area (TPSA) is 78.9 Å². The van der Waals surface area contributed by atoms with Crippen molar-refractivity contribution in [3.05, 3.63) is 11.9 Å². The highest BCUT2D eigenvalue weighted by molar-refractivity contribution is 7.88. The molecule has 3 fully saturated rings. The van der Waals surface area contributed by atoms with E-state index in [0.717, 1.165) is 32.2 Å². The molecule has 0 N–H and O–H groups in total. The van der Waals surface area contributed by atoms with Crippen LogP contribution in [0.4, 0.5) is 24.8 Å². The molecule has 198 valence electrons. The molecule has 8 nitrogen and oxygen atoms in total. The summed E-state index contributed by atoms with van der Waals surface area (Å²) in [5.74, 6) is -0.588. The van der Waals surface area contributed by atoms with E-state index in [1.54, 1.807) is 18.0 Å². The van der Waals surface area contributed by atoms with Crippen LogP contribution in [0, 0.1) is 5.41 Å². The number of aromatic nitrogens is 2. The number of anilines is 2. The van der Waals surface area contributed by atoms with Gasteiger partial charge in [-0.3, -0.25) is 0 Å². The molecule has 3 heterocycles. The van der Waals surface area contributed by atoms with Crippen molar-refractivity contribution in [3.63, 3.8) is 0 Å². The first kappa shape index (κ1) is 26.4. The molecule has 1 spiro atoms. The van der Waals surface area contributed by atoms with E-state index in [2.05, 4.69) is 9.97 Å². The number of hydrogen-bond donors (Lipinski definition) is 0. The lowest BCUT2D eigenvalue weighted by molar-refractivity contribution is -0.144. The van der Waals surface area contributed by atoms with E-state index in [4.69, 9.17) is 4.74 Å². The Balaban J connectivity index is 1.49. The average Bonchev–Trinajstić information content (AvgIpc) is 2.82. The molecule has 0 radical (unpaired) electrons. The van der Waals surface area contributed by atoms with Gasteiger partial charge >= 0.3 is 6.18 Å². The molecule has 35 heavy (non-hydrogen) atoms. The number of morpholine rings is 1. The molecule has 4 rings (SSSR count). The van der Waals surface area contributed by atoms with Crippen molar-refractivity contribution in [2.45, 2.75) is 63.6 Å². The summed E-state index contributed by atoms with van der Waals surface area (Å²) < 4.78 is 71.9. The van der Waals surface area contributed by atoms with Crippen molar-refractivity contribution in [1.82, 2.24) is 14.3 Å². The van der Waals surface area contributed by atoms with E-state index < -0.39 is 22.0 Å². The second-order valence-electron chi connectivity index (χ2n) is 10.3. The Morgan fingerprint density at radius 1 is 1.14 bits per heavy atom. The lowest BCUT2D eigenvalue weighted by Crippen LogP contribution is -2.46. The third-order valence-electron chi connectivity index (χ3n) is 7.60. The van der Waals surface area contributed by atoms with Gasteiger partial charge in [0.2, 0.25) is 15.8 Å². The van der Waals surface area contributed by atoms with Crippen molar-refractivity contribution >= 4 is 21.7 Å². The molecule has 3 aliphatic rings. The van der Waals surface area contributed by atoms with Crippen LogP contribution in [0.2, 0.25) is 0 Å². The molecule has 1 unspecified atom stereocenters. The summed E-state index contributed by atoms with van der Waals surface area (Å²) in [6.45, 7) is 2.66. The lowest BCUT2D eigenvalue weighted by atomic mass is 9.69. The minimum absolute atomic E-state index is 0.176. The van der Waals surface area contributed by atoms with Gasteiger partial charge in [0.25, 0.3) is 0 Å². The number of hydrogen-bond acceptors (Lipinski definition) is 7. The Hall–Kier alpha value is -1.66. The highest BCUT2D eigenvalue weighted by atomic mass is 32.2. The van der Waals surface area contributed by atoms with Crippen LogP contribution in [0.15, 0.2) is 6.07 Å². The molecule has 1 atom stereocenters. The van der Waals surface area contributed by atoms with Crippen LogP contribution < -0.4 is 9.80 Å². The van der Waals surface area contributed by atoms with Crippen molar-refractivity contribution in [1.29, 1.82) is 0 Å². The van der Waals surface area contributed by atoms with Crippen molar-refractivity contribution in [3.8, 4) is 0 Å². The lowest BCUT2D eigenvalue weighted by Gasteiger charge is -2.45. The second-order valence-corrected chi connectivity index (χ2v) is 12.3. The molecule has 2 aliphatic heterocycles. The van der Waals surface area contributed by atoms with E-state index >= 15 is 0 Å². The van der Waals surface area contributed by atoms with E-state index in [9.17, 15) is 21.6 Å². The number of halogens is 3. The van der Waals surface area contributed by atoms with Gasteiger partial charge in [0, 0.05) is 45.8 Å². The van der Waals surface area contributed by atoms with E-state index in [1.807, 2.05) is 4.90 Å². The quantitative estimate of drug-likeness (QED) is 0.569. The number of sulfonamides is 1. The molecular weight excluding hydrogens is 483 g/mol. The molecule has 1 aromatic heterocycles. The van der Waals surface area contributed by atoms with Crippen molar-refractivity contribution < 1.29 is 26.3 Å². The summed E-state index contributed by atoms with van der Waals surface area (Å²) in [6, 6.07) is 1.65. The summed E-state index contributed by atoms with van der Waals surface area (Å²) in [6.07, 6.45) is 4.58. The maximum atomic E-state index is 13.7. The molecular formula is C23H36F3N5O3S. The average molecular weight is 520 g/mol. The molecule has 1 saturated carbocycles. The smallest absolute Gasteiger partial charge is 0.375 e. The molecule has 0 amide bonds. The zero-order valence-electron chi connectivity index (χ0n) is 20.6. The zero-order chi connectivity index (χ0) is 25.3. The highest BCUT2D eigenvalue weighted by Crippen LogP contribution is 2.44. The first-order valence-corrected chi connectivity index (χ1v) is 14.3. The van der Waals surface area contributed by atoms with Crippen molar-refractivity contribution in [2.24, 2.45) is 5.41 Å². The molecule has 1 aromatic rings. The van der Waals surface area contributed by atoms with Crippen LogP contribution in [-0.4, -0.2) is 81.4 Å². The minimum Gasteiger partial charge on any atom is -0.375 e. The summed E-state index contributed by atoms with van der Waals surface area (Å²) in [7, 11) is -1.62. The Bertz CT molecular complexity index is 980. The standard InChI is InChI=1S/C23H36F3N5O3S/c1-29(12-7-18-16-31(13-14-34-18)35(2,32)33)19-15-20(28-21(27-19)23(24,25)26)30-11-6-10-22(17-30)8-4-3-5-9-22/h15,18H,3-14,16-17H2,1-2H3. The van der Waals surface area contributed by atoms with Gasteiger partial charge in [0.15, 0.2) is 0 Å². The molecule has 0 bridgehead atoms. The van der Waals surface area contributed by atoms with Gasteiger partial charge < -0.3 is 14.5 Å². The Kier molecular flexibility index (Phi) is 7.82. The van der Waals surface area contributed by atoms with Gasteiger partial charge in [-0.1, -0.05) is 19.3 Å². The van der Waals surface area contributed by atoms with Crippen LogP contribution in [0.25, 0.3) is 0 Å². The first-order chi connectivity index (χ1) is 16.5. The Morgan fingerprint density at radius 3 is 2.54 bits per heavy atom. The predicted molar refractivity (Wildman–Crippen MR) is 128 cm³/mol. The fourth-order valence-electron chi connectivity index (χ4n) is 5.64. The third-order valence-corrected chi connectivity index (χ3v) is 8.87. The highest BCUT2D eigenvalue weighted by Gasteiger charge is 2.39. The first-order valence-electron chi connectivity index (χ1n) is 12.4. The largest absolute Gasteiger partial charge is 0.451 e. The van der Waals surface area contributed by atoms with Crippen LogP contribution in [0.5, 0.6) is 0 Å². The maximum Gasteiger partial charge on any atom is 0.451 e.